The van der Waals surface area contributed by atoms with Gasteiger partial charge in [0.25, 0.3) is 0 Å². The highest BCUT2D eigenvalue weighted by Crippen LogP contribution is 2.33. The zero-order valence-corrected chi connectivity index (χ0v) is 12.8. The van der Waals surface area contributed by atoms with Crippen molar-refractivity contribution in [3.63, 3.8) is 0 Å². The van der Waals surface area contributed by atoms with Crippen molar-refractivity contribution in [2.45, 2.75) is 18.9 Å². The third-order valence-electron chi connectivity index (χ3n) is 3.87. The van der Waals surface area contributed by atoms with E-state index in [1.807, 2.05) is 6.08 Å². The molecule has 1 nitrogen and oxygen atoms in total. The third kappa shape index (κ3) is 2.94. The molecular formula is C19H20ClN. The maximum atomic E-state index is 6.47. The standard InChI is InChI=1S/C19H19N.ClH/c1-2-3-12-18(20)19-16-10-6-4-8-14(16)13-15-9-5-7-11-17(15)19;/h2,4-11,13,18H,1,3,12,20H2;1H/t18-;/m1./s1. The van der Waals surface area contributed by atoms with Gasteiger partial charge in [-0.05, 0) is 46.0 Å². The fourth-order valence-corrected chi connectivity index (χ4v) is 2.89. The minimum Gasteiger partial charge on any atom is -0.324 e. The molecule has 108 valence electrons. The summed E-state index contributed by atoms with van der Waals surface area (Å²) in [7, 11) is 0. The van der Waals surface area contributed by atoms with Gasteiger partial charge in [0.15, 0.2) is 0 Å². The summed E-state index contributed by atoms with van der Waals surface area (Å²) in [5.41, 5.74) is 7.73. The van der Waals surface area contributed by atoms with E-state index in [4.69, 9.17) is 5.73 Å². The molecule has 0 spiro atoms. The van der Waals surface area contributed by atoms with E-state index in [1.165, 1.54) is 27.1 Å². The lowest BCUT2D eigenvalue weighted by Crippen LogP contribution is -2.11. The van der Waals surface area contributed by atoms with E-state index in [1.54, 1.807) is 0 Å². The summed E-state index contributed by atoms with van der Waals surface area (Å²) in [6.07, 6.45) is 3.81. The molecule has 0 amide bonds. The van der Waals surface area contributed by atoms with Crippen molar-refractivity contribution < 1.29 is 0 Å². The zero-order valence-electron chi connectivity index (χ0n) is 12.0. The van der Waals surface area contributed by atoms with Crippen LogP contribution in [0, 0.1) is 0 Å². The van der Waals surface area contributed by atoms with Crippen molar-refractivity contribution in [2.24, 2.45) is 5.73 Å². The first-order valence-corrected chi connectivity index (χ1v) is 7.08. The highest BCUT2D eigenvalue weighted by molar-refractivity contribution is 6.02. The fraction of sp³-hybridized carbons (Fsp3) is 0.158. The number of fused-ring (bicyclic) bond motifs is 2. The zero-order chi connectivity index (χ0) is 13.9. The van der Waals surface area contributed by atoms with E-state index in [9.17, 15) is 0 Å². The summed E-state index contributed by atoms with van der Waals surface area (Å²) in [4.78, 5) is 0. The van der Waals surface area contributed by atoms with Gasteiger partial charge in [0.05, 0.1) is 0 Å². The molecule has 21 heavy (non-hydrogen) atoms. The van der Waals surface area contributed by atoms with Gasteiger partial charge < -0.3 is 5.73 Å². The number of nitrogens with two attached hydrogens (primary N) is 1. The third-order valence-corrected chi connectivity index (χ3v) is 3.87. The molecule has 0 unspecified atom stereocenters. The van der Waals surface area contributed by atoms with Crippen LogP contribution in [-0.2, 0) is 0 Å². The molecule has 0 aliphatic heterocycles. The topological polar surface area (TPSA) is 26.0 Å². The Labute approximate surface area is 131 Å². The average Bonchev–Trinajstić information content (AvgIpc) is 2.50. The average molecular weight is 298 g/mol. The Kier molecular flexibility index (Phi) is 5.00. The predicted octanol–water partition coefficient (Wildman–Crippen LogP) is 5.38. The maximum absolute atomic E-state index is 6.47. The van der Waals surface area contributed by atoms with E-state index >= 15 is 0 Å². The first-order chi connectivity index (χ1) is 9.81. The van der Waals surface area contributed by atoms with Crippen LogP contribution in [0.3, 0.4) is 0 Å². The van der Waals surface area contributed by atoms with Crippen LogP contribution in [0.5, 0.6) is 0 Å². The lowest BCUT2D eigenvalue weighted by molar-refractivity contribution is 0.670. The molecule has 2 heteroatoms. The molecular weight excluding hydrogens is 278 g/mol. The molecule has 2 N–H and O–H groups in total. The second kappa shape index (κ2) is 6.75. The van der Waals surface area contributed by atoms with Gasteiger partial charge in [-0.1, -0.05) is 54.6 Å². The molecule has 3 rings (SSSR count). The molecule has 3 aromatic carbocycles. The lowest BCUT2D eigenvalue weighted by atomic mass is 9.91. The Balaban J connectivity index is 0.00000161. The van der Waals surface area contributed by atoms with Crippen molar-refractivity contribution in [3.05, 3.63) is 72.8 Å². The monoisotopic (exact) mass is 297 g/mol. The van der Waals surface area contributed by atoms with Gasteiger partial charge in [-0.25, -0.2) is 0 Å². The molecule has 0 fully saturated rings. The van der Waals surface area contributed by atoms with Crippen LogP contribution in [0.25, 0.3) is 21.5 Å². The van der Waals surface area contributed by atoms with Crippen LogP contribution in [0.15, 0.2) is 67.3 Å². The molecule has 0 bridgehead atoms. The van der Waals surface area contributed by atoms with Gasteiger partial charge in [-0.2, -0.15) is 0 Å². The molecule has 0 heterocycles. The van der Waals surface area contributed by atoms with E-state index in [0.717, 1.165) is 12.8 Å². The Morgan fingerprint density at radius 2 is 1.48 bits per heavy atom. The predicted molar refractivity (Wildman–Crippen MR) is 95.1 cm³/mol. The summed E-state index contributed by atoms with van der Waals surface area (Å²) in [6.45, 7) is 3.80. The van der Waals surface area contributed by atoms with Gasteiger partial charge in [-0.3, -0.25) is 0 Å². The fourth-order valence-electron chi connectivity index (χ4n) is 2.89. The van der Waals surface area contributed by atoms with Gasteiger partial charge in [-0.15, -0.1) is 19.0 Å². The second-order valence-corrected chi connectivity index (χ2v) is 5.21. The molecule has 1 atom stereocenters. The van der Waals surface area contributed by atoms with Crippen LogP contribution < -0.4 is 5.73 Å². The van der Waals surface area contributed by atoms with E-state index in [-0.39, 0.29) is 18.4 Å². The van der Waals surface area contributed by atoms with Crippen LogP contribution in [0.2, 0.25) is 0 Å². The Morgan fingerprint density at radius 3 is 2.00 bits per heavy atom. The molecule has 0 aliphatic rings. The lowest BCUT2D eigenvalue weighted by Gasteiger charge is -2.17. The van der Waals surface area contributed by atoms with Gasteiger partial charge in [0.1, 0.15) is 0 Å². The number of benzene rings is 3. The maximum Gasteiger partial charge on any atom is 0.0310 e. The molecule has 0 saturated heterocycles. The highest BCUT2D eigenvalue weighted by atomic mass is 35.5. The SMILES string of the molecule is C=CCC[C@@H](N)c1c2ccccc2cc2ccccc12.Cl. The quantitative estimate of drug-likeness (QED) is 0.508. The minimum atomic E-state index is 0. The van der Waals surface area contributed by atoms with Crippen molar-refractivity contribution in [1.29, 1.82) is 0 Å². The number of hydrogen-bond donors (Lipinski definition) is 1. The van der Waals surface area contributed by atoms with Crippen LogP contribution in [0.1, 0.15) is 24.4 Å². The van der Waals surface area contributed by atoms with Crippen molar-refractivity contribution in [2.75, 3.05) is 0 Å². The molecule has 0 saturated carbocycles. The summed E-state index contributed by atoms with van der Waals surface area (Å²) in [6, 6.07) is 19.3. The van der Waals surface area contributed by atoms with Crippen LogP contribution >= 0.6 is 12.4 Å². The number of allylic oxidation sites excluding steroid dienone is 1. The van der Waals surface area contributed by atoms with Crippen LogP contribution in [0.4, 0.5) is 0 Å². The highest BCUT2D eigenvalue weighted by Gasteiger charge is 2.13. The Bertz CT molecular complexity index is 710. The summed E-state index contributed by atoms with van der Waals surface area (Å²) >= 11 is 0. The second-order valence-electron chi connectivity index (χ2n) is 5.21. The Hall–Kier alpha value is -1.83. The number of hydrogen-bond acceptors (Lipinski definition) is 1. The largest absolute Gasteiger partial charge is 0.324 e. The smallest absolute Gasteiger partial charge is 0.0310 e. The van der Waals surface area contributed by atoms with E-state index < -0.39 is 0 Å². The van der Waals surface area contributed by atoms with Gasteiger partial charge in [0, 0.05) is 6.04 Å². The summed E-state index contributed by atoms with van der Waals surface area (Å²) in [5.74, 6) is 0. The first kappa shape index (κ1) is 15.6. The Morgan fingerprint density at radius 1 is 0.952 bits per heavy atom. The molecule has 0 radical (unpaired) electrons. The first-order valence-electron chi connectivity index (χ1n) is 7.08. The van der Waals surface area contributed by atoms with Crippen molar-refractivity contribution in [3.8, 4) is 0 Å². The van der Waals surface area contributed by atoms with Gasteiger partial charge >= 0.3 is 0 Å². The number of halogens is 1. The molecule has 3 aromatic rings. The summed E-state index contributed by atoms with van der Waals surface area (Å²) < 4.78 is 0. The van der Waals surface area contributed by atoms with E-state index in [0.29, 0.717) is 0 Å². The molecule has 0 aliphatic carbocycles. The van der Waals surface area contributed by atoms with Crippen LogP contribution in [-0.4, -0.2) is 0 Å². The minimum absolute atomic E-state index is 0. The summed E-state index contributed by atoms with van der Waals surface area (Å²) in [5, 5.41) is 5.05. The van der Waals surface area contributed by atoms with Gasteiger partial charge in [0.2, 0.25) is 0 Å². The molecule has 0 aromatic heterocycles. The van der Waals surface area contributed by atoms with E-state index in [2.05, 4.69) is 61.2 Å². The van der Waals surface area contributed by atoms with Crippen molar-refractivity contribution in [1.82, 2.24) is 0 Å². The normalized spacial score (nSPS) is 12.0. The number of rotatable bonds is 4. The van der Waals surface area contributed by atoms with Crippen molar-refractivity contribution >= 4 is 34.0 Å².